The Balaban J connectivity index is 1.75. The first-order chi connectivity index (χ1) is 10.3. The molecule has 2 aromatic carbocycles. The van der Waals surface area contributed by atoms with E-state index in [0.29, 0.717) is 12.7 Å². The van der Waals surface area contributed by atoms with Gasteiger partial charge in [-0.05, 0) is 55.2 Å². The summed E-state index contributed by atoms with van der Waals surface area (Å²) < 4.78 is 11.2. The molecule has 0 spiro atoms. The van der Waals surface area contributed by atoms with E-state index >= 15 is 0 Å². The van der Waals surface area contributed by atoms with Gasteiger partial charge in [-0.1, -0.05) is 24.3 Å². The first-order valence-electron chi connectivity index (χ1n) is 7.43. The number of aliphatic hydroxyl groups is 1. The highest BCUT2D eigenvalue weighted by Crippen LogP contribution is 2.30. The maximum absolute atomic E-state index is 10.5. The number of hydrogen-bond acceptors (Lipinski definition) is 3. The van der Waals surface area contributed by atoms with E-state index < -0.39 is 6.10 Å². The first kappa shape index (κ1) is 14.0. The summed E-state index contributed by atoms with van der Waals surface area (Å²) >= 11 is 0. The van der Waals surface area contributed by atoms with E-state index in [1.54, 1.807) is 0 Å². The average molecular weight is 284 g/mol. The highest BCUT2D eigenvalue weighted by atomic mass is 16.5. The number of hydrogen-bond donors (Lipinski definition) is 1. The van der Waals surface area contributed by atoms with E-state index in [4.69, 9.17) is 9.47 Å². The summed E-state index contributed by atoms with van der Waals surface area (Å²) in [7, 11) is 0. The van der Waals surface area contributed by atoms with Crippen LogP contribution in [0.3, 0.4) is 0 Å². The Kier molecular flexibility index (Phi) is 4.11. The lowest BCUT2D eigenvalue weighted by molar-refractivity contribution is 0.219. The van der Waals surface area contributed by atoms with Crippen LogP contribution in [-0.4, -0.2) is 17.8 Å². The van der Waals surface area contributed by atoms with Crippen LogP contribution in [0.4, 0.5) is 0 Å². The molecule has 0 aromatic heterocycles. The largest absolute Gasteiger partial charge is 0.494 e. The van der Waals surface area contributed by atoms with E-state index in [1.807, 2.05) is 55.5 Å². The molecule has 3 heteroatoms. The Labute approximate surface area is 125 Å². The molecule has 3 rings (SSSR count). The lowest BCUT2D eigenvalue weighted by Gasteiger charge is -2.14. The fourth-order valence-corrected chi connectivity index (χ4v) is 2.24. The molecule has 1 aliphatic carbocycles. The Morgan fingerprint density at radius 3 is 2.48 bits per heavy atom. The van der Waals surface area contributed by atoms with Crippen molar-refractivity contribution in [2.75, 3.05) is 6.61 Å². The van der Waals surface area contributed by atoms with Crippen molar-refractivity contribution in [2.24, 2.45) is 0 Å². The van der Waals surface area contributed by atoms with Crippen molar-refractivity contribution in [1.29, 1.82) is 0 Å². The molecule has 0 amide bonds. The second-order valence-electron chi connectivity index (χ2n) is 5.29. The van der Waals surface area contributed by atoms with Gasteiger partial charge < -0.3 is 14.6 Å². The first-order valence-corrected chi connectivity index (χ1v) is 7.43. The molecule has 0 saturated heterocycles. The van der Waals surface area contributed by atoms with Crippen LogP contribution in [-0.2, 0) is 0 Å². The average Bonchev–Trinajstić information content (AvgIpc) is 3.32. The van der Waals surface area contributed by atoms with Gasteiger partial charge in [0, 0.05) is 0 Å². The highest BCUT2D eigenvalue weighted by molar-refractivity contribution is 5.37. The molecule has 1 saturated carbocycles. The minimum absolute atomic E-state index is 0.364. The van der Waals surface area contributed by atoms with Crippen LogP contribution < -0.4 is 9.47 Å². The zero-order valence-electron chi connectivity index (χ0n) is 12.2. The van der Waals surface area contributed by atoms with Gasteiger partial charge in [0.2, 0.25) is 0 Å². The molecule has 1 fully saturated rings. The third-order valence-electron chi connectivity index (χ3n) is 3.51. The van der Waals surface area contributed by atoms with Gasteiger partial charge in [-0.15, -0.1) is 0 Å². The third-order valence-corrected chi connectivity index (χ3v) is 3.51. The van der Waals surface area contributed by atoms with Gasteiger partial charge in [-0.2, -0.15) is 0 Å². The van der Waals surface area contributed by atoms with E-state index in [0.717, 1.165) is 35.5 Å². The zero-order chi connectivity index (χ0) is 14.7. The second kappa shape index (κ2) is 6.19. The molecule has 1 atom stereocenters. The molecule has 0 heterocycles. The summed E-state index contributed by atoms with van der Waals surface area (Å²) in [4.78, 5) is 0. The monoisotopic (exact) mass is 284 g/mol. The van der Waals surface area contributed by atoms with Crippen molar-refractivity contribution in [2.45, 2.75) is 32.0 Å². The van der Waals surface area contributed by atoms with Crippen LogP contribution in [0, 0.1) is 0 Å². The molecule has 0 radical (unpaired) electrons. The second-order valence-corrected chi connectivity index (χ2v) is 5.29. The van der Waals surface area contributed by atoms with Crippen molar-refractivity contribution in [3.8, 4) is 11.5 Å². The van der Waals surface area contributed by atoms with Crippen molar-refractivity contribution in [1.82, 2.24) is 0 Å². The predicted octanol–water partition coefficient (Wildman–Crippen LogP) is 3.71. The van der Waals surface area contributed by atoms with Crippen molar-refractivity contribution >= 4 is 0 Å². The molecule has 1 aliphatic rings. The molecule has 1 unspecified atom stereocenters. The van der Waals surface area contributed by atoms with Crippen molar-refractivity contribution in [3.63, 3.8) is 0 Å². The summed E-state index contributed by atoms with van der Waals surface area (Å²) in [6.07, 6.45) is 1.98. The highest BCUT2D eigenvalue weighted by Gasteiger charge is 2.23. The van der Waals surface area contributed by atoms with E-state index in [1.165, 1.54) is 0 Å². The summed E-state index contributed by atoms with van der Waals surface area (Å²) in [6, 6.07) is 15.2. The SMILES string of the molecule is CCOc1ccc(C(O)c2cccc(OC3CC3)c2)cc1. The standard InChI is InChI=1S/C18H20O3/c1-2-20-15-8-6-13(7-9-15)18(19)14-4-3-5-17(12-14)21-16-10-11-16/h3-9,12,16,18-19H,2,10-11H2,1H3. The Hall–Kier alpha value is -2.00. The van der Waals surface area contributed by atoms with E-state index in [2.05, 4.69) is 0 Å². The summed E-state index contributed by atoms with van der Waals surface area (Å²) in [6.45, 7) is 2.59. The number of aliphatic hydroxyl groups excluding tert-OH is 1. The van der Waals surface area contributed by atoms with Gasteiger partial charge in [-0.3, -0.25) is 0 Å². The topological polar surface area (TPSA) is 38.7 Å². The van der Waals surface area contributed by atoms with Crippen LogP contribution in [0.2, 0.25) is 0 Å². The molecular formula is C18H20O3. The molecule has 1 N–H and O–H groups in total. The van der Waals surface area contributed by atoms with Crippen LogP contribution in [0.5, 0.6) is 11.5 Å². The van der Waals surface area contributed by atoms with Crippen LogP contribution in [0.15, 0.2) is 48.5 Å². The van der Waals surface area contributed by atoms with Gasteiger partial charge in [0.1, 0.15) is 17.6 Å². The Morgan fingerprint density at radius 2 is 1.81 bits per heavy atom. The molecule has 21 heavy (non-hydrogen) atoms. The number of ether oxygens (including phenoxy) is 2. The quantitative estimate of drug-likeness (QED) is 0.879. The minimum atomic E-state index is -0.650. The molecule has 0 aliphatic heterocycles. The summed E-state index contributed by atoms with van der Waals surface area (Å²) in [5.74, 6) is 1.65. The molecule has 3 nitrogen and oxygen atoms in total. The normalized spacial score (nSPS) is 15.5. The van der Waals surface area contributed by atoms with Gasteiger partial charge in [0.15, 0.2) is 0 Å². The fourth-order valence-electron chi connectivity index (χ4n) is 2.24. The smallest absolute Gasteiger partial charge is 0.120 e. The van der Waals surface area contributed by atoms with Crippen LogP contribution in [0.25, 0.3) is 0 Å². The Morgan fingerprint density at radius 1 is 1.05 bits per heavy atom. The number of rotatable bonds is 6. The van der Waals surface area contributed by atoms with E-state index in [9.17, 15) is 5.11 Å². The maximum atomic E-state index is 10.5. The van der Waals surface area contributed by atoms with Crippen molar-refractivity contribution in [3.05, 3.63) is 59.7 Å². The molecular weight excluding hydrogens is 264 g/mol. The fraction of sp³-hybridized carbons (Fsp3) is 0.333. The summed E-state index contributed by atoms with van der Waals surface area (Å²) in [5.41, 5.74) is 1.69. The molecule has 2 aromatic rings. The van der Waals surface area contributed by atoms with Crippen LogP contribution >= 0.6 is 0 Å². The summed E-state index contributed by atoms with van der Waals surface area (Å²) in [5, 5.41) is 10.5. The minimum Gasteiger partial charge on any atom is -0.494 e. The van der Waals surface area contributed by atoms with Gasteiger partial charge >= 0.3 is 0 Å². The lowest BCUT2D eigenvalue weighted by Crippen LogP contribution is -2.02. The van der Waals surface area contributed by atoms with Gasteiger partial charge in [0.05, 0.1) is 12.7 Å². The molecule has 110 valence electrons. The van der Waals surface area contributed by atoms with Gasteiger partial charge in [-0.25, -0.2) is 0 Å². The van der Waals surface area contributed by atoms with Gasteiger partial charge in [0.25, 0.3) is 0 Å². The maximum Gasteiger partial charge on any atom is 0.120 e. The lowest BCUT2D eigenvalue weighted by atomic mass is 10.0. The number of benzene rings is 2. The van der Waals surface area contributed by atoms with Crippen LogP contribution in [0.1, 0.15) is 37.0 Å². The molecule has 0 bridgehead atoms. The Bertz CT molecular complexity index is 588. The zero-order valence-corrected chi connectivity index (χ0v) is 12.2. The van der Waals surface area contributed by atoms with Crippen molar-refractivity contribution < 1.29 is 14.6 Å². The predicted molar refractivity (Wildman–Crippen MR) is 81.8 cm³/mol. The van der Waals surface area contributed by atoms with E-state index in [-0.39, 0.29) is 0 Å². The third kappa shape index (κ3) is 3.56.